The van der Waals surface area contributed by atoms with Crippen LogP contribution in [0.2, 0.25) is 0 Å². The van der Waals surface area contributed by atoms with Crippen LogP contribution in [0.4, 0.5) is 0 Å². The molecule has 0 aromatic heterocycles. The minimum Gasteiger partial charge on any atom is -0.356 e. The van der Waals surface area contributed by atoms with Crippen LogP contribution >= 0.6 is 0 Å². The highest BCUT2D eigenvalue weighted by Gasteiger charge is 1.95. The summed E-state index contributed by atoms with van der Waals surface area (Å²) in [5.74, 6) is 0.149. The maximum atomic E-state index is 11.1. The molecule has 1 aromatic rings. The summed E-state index contributed by atoms with van der Waals surface area (Å²) < 4.78 is 0. The van der Waals surface area contributed by atoms with E-state index in [2.05, 4.69) is 29.6 Å². The van der Waals surface area contributed by atoms with E-state index in [0.717, 1.165) is 19.4 Å². The number of rotatable bonds is 6. The largest absolute Gasteiger partial charge is 0.356 e. The van der Waals surface area contributed by atoms with Gasteiger partial charge >= 0.3 is 0 Å². The van der Waals surface area contributed by atoms with Crippen LogP contribution in [0.25, 0.3) is 6.08 Å². The molecular weight excluding hydrogens is 198 g/mol. The lowest BCUT2D eigenvalue weighted by Gasteiger charge is -2.00. The summed E-state index contributed by atoms with van der Waals surface area (Å²) in [5.41, 5.74) is 1.20. The molecule has 0 saturated carbocycles. The van der Waals surface area contributed by atoms with E-state index < -0.39 is 0 Å². The molecule has 1 aromatic carbocycles. The van der Waals surface area contributed by atoms with Gasteiger partial charge in [0.25, 0.3) is 0 Å². The van der Waals surface area contributed by atoms with Gasteiger partial charge in [-0.2, -0.15) is 0 Å². The van der Waals surface area contributed by atoms with Gasteiger partial charge in [0.05, 0.1) is 0 Å². The fourth-order valence-electron chi connectivity index (χ4n) is 1.39. The smallest absolute Gasteiger partial charge is 0.219 e. The van der Waals surface area contributed by atoms with E-state index >= 15 is 0 Å². The molecular formula is C14H19NO. The number of benzene rings is 1. The predicted octanol–water partition coefficient (Wildman–Crippen LogP) is 3.01. The third-order valence-electron chi connectivity index (χ3n) is 2.22. The van der Waals surface area contributed by atoms with Gasteiger partial charge in [0, 0.05) is 13.0 Å². The minimum absolute atomic E-state index is 0.149. The molecule has 0 fully saturated rings. The van der Waals surface area contributed by atoms with E-state index in [-0.39, 0.29) is 5.91 Å². The van der Waals surface area contributed by atoms with Gasteiger partial charge in [-0.05, 0) is 18.4 Å². The van der Waals surface area contributed by atoms with Crippen molar-refractivity contribution in [2.75, 3.05) is 6.54 Å². The molecule has 0 radical (unpaired) electrons. The zero-order valence-electron chi connectivity index (χ0n) is 9.78. The van der Waals surface area contributed by atoms with Crippen molar-refractivity contribution in [2.24, 2.45) is 0 Å². The molecule has 1 N–H and O–H groups in total. The maximum absolute atomic E-state index is 11.1. The highest BCUT2D eigenvalue weighted by atomic mass is 16.1. The highest BCUT2D eigenvalue weighted by molar-refractivity contribution is 5.75. The number of carbonyl (C=O) groups excluding carboxylic acids is 1. The zero-order chi connectivity index (χ0) is 11.6. The van der Waals surface area contributed by atoms with Gasteiger partial charge in [0.2, 0.25) is 5.91 Å². The van der Waals surface area contributed by atoms with Crippen LogP contribution in [0.3, 0.4) is 0 Å². The first-order valence-electron chi connectivity index (χ1n) is 5.81. The summed E-state index contributed by atoms with van der Waals surface area (Å²) in [7, 11) is 0. The summed E-state index contributed by atoms with van der Waals surface area (Å²) in [5, 5.41) is 2.88. The van der Waals surface area contributed by atoms with Crippen LogP contribution in [0.1, 0.15) is 31.7 Å². The first kappa shape index (κ1) is 12.5. The number of hydrogen-bond acceptors (Lipinski definition) is 1. The second-order valence-corrected chi connectivity index (χ2v) is 3.70. The fourth-order valence-corrected chi connectivity index (χ4v) is 1.39. The van der Waals surface area contributed by atoms with E-state index in [4.69, 9.17) is 0 Å². The second kappa shape index (κ2) is 7.69. The van der Waals surface area contributed by atoms with Gasteiger partial charge in [-0.15, -0.1) is 0 Å². The monoisotopic (exact) mass is 217 g/mol. The molecule has 2 heteroatoms. The van der Waals surface area contributed by atoms with Gasteiger partial charge in [0.1, 0.15) is 0 Å². The first-order chi connectivity index (χ1) is 7.83. The Morgan fingerprint density at radius 2 is 2.06 bits per heavy atom. The van der Waals surface area contributed by atoms with Crippen molar-refractivity contribution in [1.82, 2.24) is 5.32 Å². The van der Waals surface area contributed by atoms with E-state index in [0.29, 0.717) is 6.42 Å². The molecule has 0 bridgehead atoms. The molecule has 2 nitrogen and oxygen atoms in total. The predicted molar refractivity (Wildman–Crippen MR) is 68.0 cm³/mol. The molecule has 16 heavy (non-hydrogen) atoms. The number of amides is 1. The Morgan fingerprint density at radius 1 is 1.31 bits per heavy atom. The van der Waals surface area contributed by atoms with E-state index in [1.807, 2.05) is 25.1 Å². The van der Waals surface area contributed by atoms with Gasteiger partial charge in [-0.3, -0.25) is 4.79 Å². The molecule has 0 aliphatic rings. The van der Waals surface area contributed by atoms with Gasteiger partial charge in [-0.25, -0.2) is 0 Å². The molecule has 0 saturated heterocycles. The highest BCUT2D eigenvalue weighted by Crippen LogP contribution is 2.01. The Bertz CT molecular complexity index is 330. The normalized spacial score (nSPS) is 10.6. The molecule has 1 amide bonds. The third kappa shape index (κ3) is 5.35. The number of carbonyl (C=O) groups is 1. The number of hydrogen-bond donors (Lipinski definition) is 1. The molecule has 0 atom stereocenters. The van der Waals surface area contributed by atoms with Gasteiger partial charge < -0.3 is 5.32 Å². The summed E-state index contributed by atoms with van der Waals surface area (Å²) in [6.07, 6.45) is 6.58. The molecule has 0 aliphatic carbocycles. The summed E-state index contributed by atoms with van der Waals surface area (Å²) in [6, 6.07) is 10.2. The van der Waals surface area contributed by atoms with E-state index in [9.17, 15) is 4.79 Å². The molecule has 86 valence electrons. The lowest BCUT2D eigenvalue weighted by Crippen LogP contribution is -2.23. The van der Waals surface area contributed by atoms with Crippen LogP contribution in [0.15, 0.2) is 36.4 Å². The maximum Gasteiger partial charge on any atom is 0.219 e. The standard InChI is InChI=1S/C14H19NO/c1-2-8-14(16)15-12-7-6-11-13-9-4-3-5-10-13/h3-6,9-11H,2,7-8,12H2,1H3,(H,15,16)/b11-6+. The van der Waals surface area contributed by atoms with Crippen molar-refractivity contribution in [3.8, 4) is 0 Å². The Balaban J connectivity index is 2.16. The Morgan fingerprint density at radius 3 is 2.75 bits per heavy atom. The Labute approximate surface area is 97.4 Å². The lowest BCUT2D eigenvalue weighted by atomic mass is 10.2. The van der Waals surface area contributed by atoms with Crippen molar-refractivity contribution < 1.29 is 4.79 Å². The van der Waals surface area contributed by atoms with Crippen LogP contribution in [-0.4, -0.2) is 12.5 Å². The third-order valence-corrected chi connectivity index (χ3v) is 2.22. The average molecular weight is 217 g/mol. The molecule has 0 heterocycles. The van der Waals surface area contributed by atoms with Crippen LogP contribution in [0, 0.1) is 0 Å². The summed E-state index contributed by atoms with van der Waals surface area (Å²) in [6.45, 7) is 2.73. The van der Waals surface area contributed by atoms with Crippen molar-refractivity contribution in [1.29, 1.82) is 0 Å². The topological polar surface area (TPSA) is 29.1 Å². The van der Waals surface area contributed by atoms with Crippen LogP contribution < -0.4 is 5.32 Å². The van der Waals surface area contributed by atoms with Crippen molar-refractivity contribution >= 4 is 12.0 Å². The molecule has 0 aliphatic heterocycles. The van der Waals surface area contributed by atoms with Crippen molar-refractivity contribution in [3.05, 3.63) is 42.0 Å². The van der Waals surface area contributed by atoms with E-state index in [1.54, 1.807) is 0 Å². The van der Waals surface area contributed by atoms with Crippen molar-refractivity contribution in [3.63, 3.8) is 0 Å². The fraction of sp³-hybridized carbons (Fsp3) is 0.357. The average Bonchev–Trinajstić information content (AvgIpc) is 2.30. The summed E-state index contributed by atoms with van der Waals surface area (Å²) in [4.78, 5) is 11.1. The minimum atomic E-state index is 0.149. The number of nitrogens with one attached hydrogen (secondary N) is 1. The SMILES string of the molecule is CCCC(=O)NCC/C=C/c1ccccc1. The molecule has 0 spiro atoms. The summed E-state index contributed by atoms with van der Waals surface area (Å²) >= 11 is 0. The Hall–Kier alpha value is -1.57. The van der Waals surface area contributed by atoms with Crippen molar-refractivity contribution in [2.45, 2.75) is 26.2 Å². The zero-order valence-corrected chi connectivity index (χ0v) is 9.78. The Kier molecular flexibility index (Phi) is 6.00. The van der Waals surface area contributed by atoms with E-state index in [1.165, 1.54) is 5.56 Å². The molecule has 1 rings (SSSR count). The lowest BCUT2D eigenvalue weighted by molar-refractivity contribution is -0.121. The first-order valence-corrected chi connectivity index (χ1v) is 5.81. The second-order valence-electron chi connectivity index (χ2n) is 3.70. The van der Waals surface area contributed by atoms with Gasteiger partial charge in [-0.1, -0.05) is 49.4 Å². The van der Waals surface area contributed by atoms with Crippen LogP contribution in [0.5, 0.6) is 0 Å². The van der Waals surface area contributed by atoms with Crippen LogP contribution in [-0.2, 0) is 4.79 Å². The van der Waals surface area contributed by atoms with Gasteiger partial charge in [0.15, 0.2) is 0 Å². The molecule has 0 unspecified atom stereocenters. The quantitative estimate of drug-likeness (QED) is 0.729.